The topological polar surface area (TPSA) is 9.23 Å². The zero-order chi connectivity index (χ0) is 11.5. The van der Waals surface area contributed by atoms with Gasteiger partial charge in [0.2, 0.25) is 0 Å². The summed E-state index contributed by atoms with van der Waals surface area (Å²) in [5.41, 5.74) is 1.32. The van der Waals surface area contributed by atoms with Crippen LogP contribution in [0.25, 0.3) is 0 Å². The van der Waals surface area contributed by atoms with Crippen LogP contribution in [0.15, 0.2) is 22.7 Å². The number of hydrogen-bond acceptors (Lipinski definition) is 2. The average Bonchev–Trinajstić information content (AvgIpc) is 2.14. The van der Waals surface area contributed by atoms with E-state index in [1.807, 2.05) is 17.8 Å². The number of thioether (sulfide) groups is 1. The van der Waals surface area contributed by atoms with E-state index in [0.29, 0.717) is 4.75 Å². The maximum absolute atomic E-state index is 5.19. The molecule has 0 aliphatic heterocycles. The number of ether oxygens (including phenoxy) is 1. The van der Waals surface area contributed by atoms with E-state index < -0.39 is 0 Å². The van der Waals surface area contributed by atoms with Gasteiger partial charge in [-0.05, 0) is 33.6 Å². The van der Waals surface area contributed by atoms with Crippen LogP contribution in [0.4, 0.5) is 0 Å². The van der Waals surface area contributed by atoms with E-state index in [0.717, 1.165) is 16.0 Å². The van der Waals surface area contributed by atoms with Gasteiger partial charge in [-0.15, -0.1) is 0 Å². The highest BCUT2D eigenvalue weighted by molar-refractivity contribution is 9.10. The van der Waals surface area contributed by atoms with Crippen LogP contribution < -0.4 is 4.74 Å². The molecule has 0 N–H and O–H groups in total. The van der Waals surface area contributed by atoms with Crippen molar-refractivity contribution in [2.45, 2.75) is 31.3 Å². The molecule has 0 aromatic heterocycles. The Hall–Kier alpha value is -0.150. The molecule has 1 rings (SSSR count). The zero-order valence-electron chi connectivity index (χ0n) is 9.63. The highest BCUT2D eigenvalue weighted by Gasteiger charge is 2.11. The SMILES string of the molecule is COc1ccc(CSC(C)(C)C)cc1Br. The monoisotopic (exact) mass is 288 g/mol. The van der Waals surface area contributed by atoms with Crippen molar-refractivity contribution in [2.24, 2.45) is 0 Å². The molecule has 15 heavy (non-hydrogen) atoms. The Morgan fingerprint density at radius 3 is 2.47 bits per heavy atom. The molecule has 84 valence electrons. The van der Waals surface area contributed by atoms with Gasteiger partial charge in [-0.2, -0.15) is 11.8 Å². The second kappa shape index (κ2) is 5.26. The highest BCUT2D eigenvalue weighted by Crippen LogP contribution is 2.31. The largest absolute Gasteiger partial charge is 0.496 e. The van der Waals surface area contributed by atoms with E-state index >= 15 is 0 Å². The summed E-state index contributed by atoms with van der Waals surface area (Å²) in [4.78, 5) is 0. The van der Waals surface area contributed by atoms with Crippen LogP contribution in [0.2, 0.25) is 0 Å². The van der Waals surface area contributed by atoms with Crippen molar-refractivity contribution in [3.63, 3.8) is 0 Å². The lowest BCUT2D eigenvalue weighted by atomic mass is 10.2. The van der Waals surface area contributed by atoms with E-state index in [1.165, 1.54) is 5.56 Å². The van der Waals surface area contributed by atoms with Crippen LogP contribution in [0.5, 0.6) is 5.75 Å². The molecule has 3 heteroatoms. The van der Waals surface area contributed by atoms with Crippen molar-refractivity contribution < 1.29 is 4.74 Å². The summed E-state index contributed by atoms with van der Waals surface area (Å²) in [6.45, 7) is 6.70. The Kier molecular flexibility index (Phi) is 4.53. The van der Waals surface area contributed by atoms with Crippen molar-refractivity contribution in [1.29, 1.82) is 0 Å². The fraction of sp³-hybridized carbons (Fsp3) is 0.500. The van der Waals surface area contributed by atoms with Crippen molar-refractivity contribution >= 4 is 27.7 Å². The predicted octanol–water partition coefficient (Wildman–Crippen LogP) is 4.49. The first-order valence-electron chi connectivity index (χ1n) is 4.89. The number of methoxy groups -OCH3 is 1. The Balaban J connectivity index is 2.68. The van der Waals surface area contributed by atoms with E-state index in [2.05, 4.69) is 48.8 Å². The molecule has 0 saturated carbocycles. The number of rotatable bonds is 3. The van der Waals surface area contributed by atoms with Crippen molar-refractivity contribution in [1.82, 2.24) is 0 Å². The van der Waals surface area contributed by atoms with Gasteiger partial charge >= 0.3 is 0 Å². The molecule has 0 saturated heterocycles. The molecule has 0 radical (unpaired) electrons. The van der Waals surface area contributed by atoms with Crippen LogP contribution in [0.3, 0.4) is 0 Å². The minimum atomic E-state index is 0.312. The molecule has 1 aromatic rings. The minimum Gasteiger partial charge on any atom is -0.496 e. The molecule has 0 aliphatic carbocycles. The van der Waals surface area contributed by atoms with Crippen LogP contribution in [-0.4, -0.2) is 11.9 Å². The molecule has 0 spiro atoms. The molecule has 0 fully saturated rings. The molecule has 0 bridgehead atoms. The summed E-state index contributed by atoms with van der Waals surface area (Å²) in [6.07, 6.45) is 0. The predicted molar refractivity (Wildman–Crippen MR) is 71.7 cm³/mol. The molecule has 0 aliphatic rings. The maximum Gasteiger partial charge on any atom is 0.133 e. The number of hydrogen-bond donors (Lipinski definition) is 0. The first kappa shape index (κ1) is 12.9. The molecule has 0 amide bonds. The van der Waals surface area contributed by atoms with Gasteiger partial charge in [-0.1, -0.05) is 26.8 Å². The summed E-state index contributed by atoms with van der Waals surface area (Å²) < 4.78 is 6.53. The maximum atomic E-state index is 5.19. The smallest absolute Gasteiger partial charge is 0.133 e. The molecule has 1 aromatic carbocycles. The van der Waals surface area contributed by atoms with Crippen molar-refractivity contribution in [3.05, 3.63) is 28.2 Å². The lowest BCUT2D eigenvalue weighted by molar-refractivity contribution is 0.412. The quantitative estimate of drug-likeness (QED) is 0.811. The van der Waals surface area contributed by atoms with E-state index in [1.54, 1.807) is 7.11 Å². The molecular weight excluding hydrogens is 272 g/mol. The fourth-order valence-electron chi connectivity index (χ4n) is 1.10. The minimum absolute atomic E-state index is 0.312. The van der Waals surface area contributed by atoms with Crippen LogP contribution in [0, 0.1) is 0 Å². The lowest BCUT2D eigenvalue weighted by Gasteiger charge is -2.17. The molecule has 0 atom stereocenters. The third-order valence-electron chi connectivity index (χ3n) is 1.89. The van der Waals surface area contributed by atoms with Gasteiger partial charge in [0.15, 0.2) is 0 Å². The Morgan fingerprint density at radius 2 is 2.00 bits per heavy atom. The van der Waals surface area contributed by atoms with Gasteiger partial charge in [-0.25, -0.2) is 0 Å². The van der Waals surface area contributed by atoms with Gasteiger partial charge in [0.05, 0.1) is 11.6 Å². The van der Waals surface area contributed by atoms with Gasteiger partial charge in [-0.3, -0.25) is 0 Å². The van der Waals surface area contributed by atoms with E-state index in [4.69, 9.17) is 4.74 Å². The Bertz CT molecular complexity index is 331. The first-order chi connectivity index (χ1) is 6.92. The number of benzene rings is 1. The second-order valence-corrected chi connectivity index (χ2v) is 7.03. The highest BCUT2D eigenvalue weighted by atomic mass is 79.9. The van der Waals surface area contributed by atoms with Crippen molar-refractivity contribution in [3.8, 4) is 5.75 Å². The van der Waals surface area contributed by atoms with Crippen LogP contribution >= 0.6 is 27.7 Å². The standard InChI is InChI=1S/C12H17BrOS/c1-12(2,3)15-8-9-5-6-11(14-4)10(13)7-9/h5-7H,8H2,1-4H3. The zero-order valence-corrected chi connectivity index (χ0v) is 12.0. The summed E-state index contributed by atoms with van der Waals surface area (Å²) in [6, 6.07) is 6.24. The van der Waals surface area contributed by atoms with Gasteiger partial charge < -0.3 is 4.74 Å². The third kappa shape index (κ3) is 4.47. The average molecular weight is 289 g/mol. The fourth-order valence-corrected chi connectivity index (χ4v) is 2.47. The summed E-state index contributed by atoms with van der Waals surface area (Å²) in [5, 5.41) is 0. The van der Waals surface area contributed by atoms with E-state index in [9.17, 15) is 0 Å². The van der Waals surface area contributed by atoms with Gasteiger partial charge in [0.25, 0.3) is 0 Å². The Morgan fingerprint density at radius 1 is 1.33 bits per heavy atom. The summed E-state index contributed by atoms with van der Waals surface area (Å²) >= 11 is 5.44. The molecule has 0 unspecified atom stereocenters. The molecule has 0 heterocycles. The van der Waals surface area contributed by atoms with Gasteiger partial charge in [0, 0.05) is 10.5 Å². The number of halogens is 1. The van der Waals surface area contributed by atoms with Crippen LogP contribution in [-0.2, 0) is 5.75 Å². The first-order valence-corrected chi connectivity index (χ1v) is 6.66. The molecule has 1 nitrogen and oxygen atoms in total. The van der Waals surface area contributed by atoms with E-state index in [-0.39, 0.29) is 0 Å². The van der Waals surface area contributed by atoms with Crippen molar-refractivity contribution in [2.75, 3.05) is 7.11 Å². The lowest BCUT2D eigenvalue weighted by Crippen LogP contribution is -2.07. The normalized spacial score (nSPS) is 11.5. The summed E-state index contributed by atoms with van der Waals surface area (Å²) in [7, 11) is 1.68. The summed E-state index contributed by atoms with van der Waals surface area (Å²) in [5.74, 6) is 1.92. The Labute approximate surface area is 105 Å². The van der Waals surface area contributed by atoms with Crippen LogP contribution in [0.1, 0.15) is 26.3 Å². The second-order valence-electron chi connectivity index (χ2n) is 4.37. The molecular formula is C12H17BrOS. The van der Waals surface area contributed by atoms with Gasteiger partial charge in [0.1, 0.15) is 5.75 Å². The third-order valence-corrected chi connectivity index (χ3v) is 3.85.